The van der Waals surface area contributed by atoms with Gasteiger partial charge in [0.1, 0.15) is 5.75 Å². The van der Waals surface area contributed by atoms with E-state index in [-0.39, 0.29) is 17.2 Å². The fraction of sp³-hybridized carbons (Fsp3) is 0.0556. The number of rotatable bonds is 2. The van der Waals surface area contributed by atoms with Crippen molar-refractivity contribution in [2.75, 3.05) is 5.32 Å². The van der Waals surface area contributed by atoms with Crippen LogP contribution in [0.15, 0.2) is 54.6 Å². The summed E-state index contributed by atoms with van der Waals surface area (Å²) in [7, 11) is 0. The second-order valence-electron chi connectivity index (χ2n) is 5.07. The molecule has 0 saturated carbocycles. The van der Waals surface area contributed by atoms with Gasteiger partial charge in [0.05, 0.1) is 5.56 Å². The minimum Gasteiger partial charge on any atom is -0.506 e. The smallest absolute Gasteiger partial charge is 0.259 e. The van der Waals surface area contributed by atoms with E-state index in [1.54, 1.807) is 18.2 Å². The SMILES string of the molecule is Cc1ccccc1NC(=O)c1cc(Cl)c2ccccc2c1O. The summed E-state index contributed by atoms with van der Waals surface area (Å²) in [6.45, 7) is 1.91. The predicted octanol–water partition coefficient (Wildman–Crippen LogP) is 4.76. The van der Waals surface area contributed by atoms with Crippen LogP contribution in [-0.2, 0) is 0 Å². The van der Waals surface area contributed by atoms with Crippen molar-refractivity contribution in [1.82, 2.24) is 0 Å². The Morgan fingerprint density at radius 1 is 1.05 bits per heavy atom. The zero-order valence-electron chi connectivity index (χ0n) is 11.9. The molecule has 3 rings (SSSR count). The number of anilines is 1. The van der Waals surface area contributed by atoms with Crippen LogP contribution in [0.3, 0.4) is 0 Å². The minimum atomic E-state index is -0.389. The lowest BCUT2D eigenvalue weighted by atomic mass is 10.0. The first kappa shape index (κ1) is 14.4. The van der Waals surface area contributed by atoms with Gasteiger partial charge in [0.2, 0.25) is 0 Å². The number of phenolic OH excluding ortho intramolecular Hbond substituents is 1. The first-order chi connectivity index (χ1) is 10.6. The minimum absolute atomic E-state index is 0.0638. The second-order valence-corrected chi connectivity index (χ2v) is 5.48. The van der Waals surface area contributed by atoms with Crippen molar-refractivity contribution in [2.45, 2.75) is 6.92 Å². The first-order valence-corrected chi connectivity index (χ1v) is 7.23. The van der Waals surface area contributed by atoms with Crippen LogP contribution in [0.4, 0.5) is 5.69 Å². The quantitative estimate of drug-likeness (QED) is 0.717. The molecule has 2 N–H and O–H groups in total. The summed E-state index contributed by atoms with van der Waals surface area (Å²) in [5.74, 6) is -0.453. The summed E-state index contributed by atoms with van der Waals surface area (Å²) in [5, 5.41) is 14.9. The van der Waals surface area contributed by atoms with Crippen molar-refractivity contribution >= 4 is 34.0 Å². The number of carbonyl (C=O) groups excluding carboxylic acids is 1. The highest BCUT2D eigenvalue weighted by atomic mass is 35.5. The van der Waals surface area contributed by atoms with Gasteiger partial charge in [-0.15, -0.1) is 0 Å². The van der Waals surface area contributed by atoms with E-state index >= 15 is 0 Å². The molecule has 0 heterocycles. The van der Waals surface area contributed by atoms with Crippen LogP contribution in [0.2, 0.25) is 5.02 Å². The molecule has 0 aromatic heterocycles. The van der Waals surface area contributed by atoms with E-state index in [4.69, 9.17) is 11.6 Å². The summed E-state index contributed by atoms with van der Waals surface area (Å²) < 4.78 is 0. The number of benzene rings is 3. The van der Waals surface area contributed by atoms with E-state index in [9.17, 15) is 9.90 Å². The first-order valence-electron chi connectivity index (χ1n) is 6.85. The third-order valence-electron chi connectivity index (χ3n) is 3.60. The maximum Gasteiger partial charge on any atom is 0.259 e. The third kappa shape index (κ3) is 2.51. The summed E-state index contributed by atoms with van der Waals surface area (Å²) in [5.41, 5.74) is 1.81. The number of aryl methyl sites for hydroxylation is 1. The number of para-hydroxylation sites is 1. The lowest BCUT2D eigenvalue weighted by Crippen LogP contribution is -2.13. The van der Waals surface area contributed by atoms with Crippen LogP contribution in [0, 0.1) is 6.92 Å². The molecule has 22 heavy (non-hydrogen) atoms. The van der Waals surface area contributed by atoms with E-state index < -0.39 is 0 Å². The van der Waals surface area contributed by atoms with Crippen LogP contribution < -0.4 is 5.32 Å². The zero-order chi connectivity index (χ0) is 15.7. The number of hydrogen-bond donors (Lipinski definition) is 2. The van der Waals surface area contributed by atoms with Crippen LogP contribution in [0.5, 0.6) is 5.75 Å². The predicted molar refractivity (Wildman–Crippen MR) is 89.8 cm³/mol. The molecule has 3 nitrogen and oxygen atoms in total. The van der Waals surface area contributed by atoms with Gasteiger partial charge >= 0.3 is 0 Å². The number of carbonyl (C=O) groups is 1. The van der Waals surface area contributed by atoms with Gasteiger partial charge in [-0.3, -0.25) is 4.79 Å². The Morgan fingerprint density at radius 2 is 1.68 bits per heavy atom. The van der Waals surface area contributed by atoms with Gasteiger partial charge in [-0.1, -0.05) is 54.1 Å². The highest BCUT2D eigenvalue weighted by Crippen LogP contribution is 2.34. The molecule has 0 unspecified atom stereocenters. The van der Waals surface area contributed by atoms with E-state index in [0.29, 0.717) is 21.5 Å². The van der Waals surface area contributed by atoms with Crippen LogP contribution in [0.25, 0.3) is 10.8 Å². The summed E-state index contributed by atoms with van der Waals surface area (Å²) in [6.07, 6.45) is 0. The molecule has 1 amide bonds. The fourth-order valence-electron chi connectivity index (χ4n) is 2.39. The van der Waals surface area contributed by atoms with E-state index in [2.05, 4.69) is 5.32 Å². The number of phenols is 1. The number of fused-ring (bicyclic) bond motifs is 1. The lowest BCUT2D eigenvalue weighted by molar-refractivity contribution is 0.102. The van der Waals surface area contributed by atoms with Gasteiger partial charge in [0.15, 0.2) is 0 Å². The summed E-state index contributed by atoms with van der Waals surface area (Å²) in [4.78, 5) is 12.5. The summed E-state index contributed by atoms with van der Waals surface area (Å²) >= 11 is 6.22. The molecule has 0 saturated heterocycles. The Kier molecular flexibility index (Phi) is 3.73. The highest BCUT2D eigenvalue weighted by Gasteiger charge is 2.17. The normalized spacial score (nSPS) is 10.6. The second kappa shape index (κ2) is 5.70. The average Bonchev–Trinajstić information content (AvgIpc) is 2.53. The summed E-state index contributed by atoms with van der Waals surface area (Å²) in [6, 6.07) is 16.1. The van der Waals surface area contributed by atoms with E-state index in [1.165, 1.54) is 6.07 Å². The maximum absolute atomic E-state index is 12.5. The molecular weight excluding hydrogens is 298 g/mol. The molecular formula is C18H14ClNO2. The van der Waals surface area contributed by atoms with Crippen molar-refractivity contribution in [3.05, 3.63) is 70.7 Å². The van der Waals surface area contributed by atoms with Crippen molar-refractivity contribution in [3.63, 3.8) is 0 Å². The maximum atomic E-state index is 12.5. The van der Waals surface area contributed by atoms with E-state index in [1.807, 2.05) is 37.3 Å². The molecule has 0 aliphatic carbocycles. The van der Waals surface area contributed by atoms with Gasteiger partial charge in [-0.2, -0.15) is 0 Å². The van der Waals surface area contributed by atoms with Gasteiger partial charge in [-0.05, 0) is 24.6 Å². The van der Waals surface area contributed by atoms with Gasteiger partial charge in [0.25, 0.3) is 5.91 Å². The molecule has 3 aromatic carbocycles. The largest absolute Gasteiger partial charge is 0.506 e. The molecule has 0 fully saturated rings. The highest BCUT2D eigenvalue weighted by molar-refractivity contribution is 6.36. The molecule has 0 aliphatic rings. The number of amides is 1. The monoisotopic (exact) mass is 311 g/mol. The number of hydrogen-bond acceptors (Lipinski definition) is 2. The molecule has 0 bridgehead atoms. The van der Waals surface area contributed by atoms with Crippen LogP contribution in [-0.4, -0.2) is 11.0 Å². The molecule has 3 aromatic rings. The Balaban J connectivity index is 2.05. The van der Waals surface area contributed by atoms with Gasteiger partial charge in [0, 0.05) is 21.5 Å². The standard InChI is InChI=1S/C18H14ClNO2/c1-11-6-2-5-9-16(11)20-18(22)14-10-15(19)12-7-3-4-8-13(12)17(14)21/h2-10,21H,1H3,(H,20,22). The lowest BCUT2D eigenvalue weighted by Gasteiger charge is -2.11. The molecule has 110 valence electrons. The van der Waals surface area contributed by atoms with Gasteiger partial charge < -0.3 is 10.4 Å². The van der Waals surface area contributed by atoms with Crippen LogP contribution >= 0.6 is 11.6 Å². The fourth-order valence-corrected chi connectivity index (χ4v) is 2.67. The van der Waals surface area contributed by atoms with Gasteiger partial charge in [-0.25, -0.2) is 0 Å². The molecule has 0 spiro atoms. The number of aromatic hydroxyl groups is 1. The molecule has 0 atom stereocenters. The number of nitrogens with one attached hydrogen (secondary N) is 1. The zero-order valence-corrected chi connectivity index (χ0v) is 12.7. The Bertz CT molecular complexity index is 874. The molecule has 4 heteroatoms. The topological polar surface area (TPSA) is 49.3 Å². The molecule has 0 radical (unpaired) electrons. The Morgan fingerprint density at radius 3 is 2.41 bits per heavy atom. The third-order valence-corrected chi connectivity index (χ3v) is 3.92. The van der Waals surface area contributed by atoms with Crippen LogP contribution in [0.1, 0.15) is 15.9 Å². The Labute approximate surface area is 133 Å². The van der Waals surface area contributed by atoms with Crippen molar-refractivity contribution < 1.29 is 9.90 Å². The Hall–Kier alpha value is -2.52. The van der Waals surface area contributed by atoms with Crippen molar-refractivity contribution in [3.8, 4) is 5.75 Å². The van der Waals surface area contributed by atoms with Crippen molar-refractivity contribution in [2.24, 2.45) is 0 Å². The van der Waals surface area contributed by atoms with E-state index in [0.717, 1.165) is 5.56 Å². The number of halogens is 1. The molecule has 0 aliphatic heterocycles. The van der Waals surface area contributed by atoms with Crippen molar-refractivity contribution in [1.29, 1.82) is 0 Å². The average molecular weight is 312 g/mol.